The summed E-state index contributed by atoms with van der Waals surface area (Å²) in [6, 6.07) is 0.519. The van der Waals surface area contributed by atoms with E-state index in [4.69, 9.17) is 63.1 Å². The number of primary amides is 1. The van der Waals surface area contributed by atoms with Crippen molar-refractivity contribution in [1.29, 1.82) is 0 Å². The highest BCUT2D eigenvalue weighted by atomic mass is 35.5. The highest BCUT2D eigenvalue weighted by molar-refractivity contribution is 7.80. The van der Waals surface area contributed by atoms with Crippen LogP contribution < -0.4 is 68.2 Å². The first kappa shape index (κ1) is 80.7. The van der Waals surface area contributed by atoms with E-state index in [-0.39, 0.29) is 69.6 Å². The van der Waals surface area contributed by atoms with Crippen LogP contribution in [0.15, 0.2) is 78.9 Å². The number of phenolic OH excluding ortho intramolecular Hbond substituents is 3. The quantitative estimate of drug-likeness (QED) is 0.0433. The Labute approximate surface area is 628 Å². The van der Waals surface area contributed by atoms with Gasteiger partial charge in [0.2, 0.25) is 59.3 Å². The monoisotopic (exact) mass is 1550 g/mol. The van der Waals surface area contributed by atoms with Gasteiger partial charge in [0, 0.05) is 35.7 Å². The molecule has 21 N–H and O–H groups in total. The number of benzene rings is 5. The molecule has 5 aromatic carbocycles. The number of carbonyl (C=O) groups is 8. The van der Waals surface area contributed by atoms with Crippen LogP contribution in [0.3, 0.4) is 0 Å². The van der Waals surface area contributed by atoms with Crippen molar-refractivity contribution < 1.29 is 113 Å². The molecule has 36 heteroatoms. The summed E-state index contributed by atoms with van der Waals surface area (Å²) in [6.45, 7) is 5.73. The van der Waals surface area contributed by atoms with Crippen molar-refractivity contribution in [2.75, 3.05) is 26.0 Å². The van der Waals surface area contributed by atoms with Gasteiger partial charge in [-0.3, -0.25) is 38.4 Å². The van der Waals surface area contributed by atoms with Gasteiger partial charge < -0.3 is 128 Å². The van der Waals surface area contributed by atoms with Crippen molar-refractivity contribution in [3.63, 3.8) is 0 Å². The van der Waals surface area contributed by atoms with E-state index in [1.54, 1.807) is 0 Å². The third kappa shape index (κ3) is 18.1. The second kappa shape index (κ2) is 34.2. The number of aliphatic hydroxyl groups excluding tert-OH is 6. The smallest absolute Gasteiger partial charge is 0.248 e. The molecular weight excluding hydrogens is 1460 g/mol. The molecule has 2 saturated heterocycles. The Morgan fingerprint density at radius 3 is 1.95 bits per heavy atom. The zero-order chi connectivity index (χ0) is 77.8. The third-order valence-corrected chi connectivity index (χ3v) is 19.8. The van der Waals surface area contributed by atoms with E-state index < -0.39 is 220 Å². The van der Waals surface area contributed by atoms with Crippen LogP contribution >= 0.6 is 35.8 Å². The van der Waals surface area contributed by atoms with Crippen LogP contribution in [0.1, 0.15) is 124 Å². The Bertz CT molecular complexity index is 4200. The molecule has 0 aromatic heterocycles. The zero-order valence-corrected chi connectivity index (χ0v) is 60.8. The molecule has 7 heterocycles. The normalized spacial score (nSPS) is 28.4. The zero-order valence-electron chi connectivity index (χ0n) is 58.4. The van der Waals surface area contributed by atoms with Gasteiger partial charge in [-0.15, -0.1) is 0 Å². The number of fused-ring (bicyclic) bond motifs is 15. The molecule has 0 aliphatic carbocycles. The number of hydrogen-bond acceptors (Lipinski definition) is 26. The van der Waals surface area contributed by atoms with Gasteiger partial charge in [0.1, 0.15) is 95.5 Å². The number of halogens is 2. The van der Waals surface area contributed by atoms with E-state index in [2.05, 4.69) is 55.2 Å². The number of aliphatic hydroxyl groups is 6. The molecule has 12 rings (SSSR count). The van der Waals surface area contributed by atoms with Gasteiger partial charge in [0.05, 0.1) is 41.3 Å². The molecule has 0 saturated carbocycles. The fourth-order valence-corrected chi connectivity index (χ4v) is 13.9. The Balaban J connectivity index is 1.23. The summed E-state index contributed by atoms with van der Waals surface area (Å²) in [5, 5.41) is 125. The maximum Gasteiger partial charge on any atom is 0.248 e. The third-order valence-electron chi connectivity index (χ3n) is 18.9. The molecular formula is C71H86Cl2N10O23S. The van der Waals surface area contributed by atoms with Gasteiger partial charge >= 0.3 is 0 Å². The fourth-order valence-electron chi connectivity index (χ4n) is 13.2. The second-order valence-electron chi connectivity index (χ2n) is 27.5. The van der Waals surface area contributed by atoms with Crippen molar-refractivity contribution in [1.82, 2.24) is 42.5 Å². The molecule has 0 spiro atoms. The lowest BCUT2D eigenvalue weighted by atomic mass is 9.86. The summed E-state index contributed by atoms with van der Waals surface area (Å²) < 4.78 is 38.6. The molecule has 7 aliphatic rings. The number of ether oxygens (including phenoxy) is 6. The largest absolute Gasteiger partial charge is 0.508 e. The van der Waals surface area contributed by atoms with Gasteiger partial charge in [-0.25, -0.2) is 0 Å². The van der Waals surface area contributed by atoms with E-state index in [0.717, 1.165) is 60.7 Å². The minimum atomic E-state index is -2.33. The van der Waals surface area contributed by atoms with Crippen LogP contribution in [0.2, 0.25) is 10.0 Å². The summed E-state index contributed by atoms with van der Waals surface area (Å²) in [5.74, 6) is -13.9. The maximum absolute atomic E-state index is 16.2. The van der Waals surface area contributed by atoms with Crippen LogP contribution in [-0.4, -0.2) is 198 Å². The number of phenols is 3. The van der Waals surface area contributed by atoms with Gasteiger partial charge in [-0.05, 0) is 134 Å². The summed E-state index contributed by atoms with van der Waals surface area (Å²) in [4.78, 5) is 119. The molecule has 2 fully saturated rings. The number of likely N-dealkylation sites (N-methyl/N-ethyl adjacent to an activating group) is 1. The number of nitrogens with two attached hydrogens (primary N) is 2. The molecule has 7 aliphatic heterocycles. The second-order valence-corrected chi connectivity index (χ2v) is 28.7. The molecule has 578 valence electrons. The van der Waals surface area contributed by atoms with Crippen molar-refractivity contribution in [2.24, 2.45) is 17.4 Å². The van der Waals surface area contributed by atoms with E-state index in [1.807, 2.05) is 13.8 Å². The highest BCUT2D eigenvalue weighted by Gasteiger charge is 2.52. The number of thiol groups is 1. The first-order chi connectivity index (χ1) is 50.7. The summed E-state index contributed by atoms with van der Waals surface area (Å²) in [6.07, 6.45) is -16.7. The Hall–Kier alpha value is -8.85. The topological polar surface area (TPSA) is 522 Å². The number of nitrogens with one attached hydrogen (secondary N) is 8. The fraction of sp³-hybridized carbons (Fsp3) is 0.465. The predicted octanol–water partition coefficient (Wildman–Crippen LogP) is 1.24. The molecule has 5 aromatic rings. The molecule has 0 radical (unpaired) electrons. The predicted molar refractivity (Wildman–Crippen MR) is 382 cm³/mol. The average Bonchev–Trinajstić information content (AvgIpc) is 0.781. The van der Waals surface area contributed by atoms with E-state index in [0.29, 0.717) is 25.0 Å². The van der Waals surface area contributed by atoms with Crippen LogP contribution in [-0.2, 0) is 52.6 Å². The number of amides is 8. The SMILES string of the molecule is CN[C@H](CC(C)C)C(=O)N[C@H]1C(=O)N[C@@H](CC(N)=O)C(=O)N[C@H]2C(=O)N[C@H]3C(=O)N[C@H](C(=O)N[C@H](C(=O)NCCCCCS)c4cc(O)cc(O)c4-c4cc3ccc4O)[C@H](O)c3ccc(c(Cl)c3)Oc3cc2cc(c3O[C@@H]2O[C@H](CO)[C@@H](O)[C@H](O)[C@H]2O[C@H]2C[C@](C)(N)[C@H](O)[C@H](C)O2)Oc2ccc(cc2Cl)[C@H]1O. The van der Waals surface area contributed by atoms with Crippen LogP contribution in [0.25, 0.3) is 11.1 Å². The molecule has 18 atom stereocenters. The van der Waals surface area contributed by atoms with E-state index >= 15 is 19.2 Å². The number of unbranched alkanes of at least 4 members (excludes halogenated alkanes) is 2. The Morgan fingerprint density at radius 2 is 1.35 bits per heavy atom. The number of aromatic hydroxyl groups is 3. The summed E-state index contributed by atoms with van der Waals surface area (Å²) in [7, 11) is 1.48. The lowest BCUT2D eigenvalue weighted by molar-refractivity contribution is -0.333. The van der Waals surface area contributed by atoms with Crippen molar-refractivity contribution >= 4 is 83.1 Å². The van der Waals surface area contributed by atoms with Crippen molar-refractivity contribution in [3.8, 4) is 57.1 Å². The molecule has 0 unspecified atom stereocenters. The average molecular weight is 1550 g/mol. The van der Waals surface area contributed by atoms with Crippen LogP contribution in [0.5, 0.6) is 46.0 Å². The lowest BCUT2D eigenvalue weighted by Crippen LogP contribution is -2.64. The number of hydrogen-bond donors (Lipinski definition) is 20. The maximum atomic E-state index is 16.2. The minimum absolute atomic E-state index is 0.0320. The molecule has 11 bridgehead atoms. The van der Waals surface area contributed by atoms with Gasteiger partial charge in [-0.1, -0.05) is 61.7 Å². The van der Waals surface area contributed by atoms with Gasteiger partial charge in [0.25, 0.3) is 0 Å². The molecule has 107 heavy (non-hydrogen) atoms. The Morgan fingerprint density at radius 1 is 0.720 bits per heavy atom. The first-order valence-electron chi connectivity index (χ1n) is 34.3. The van der Waals surface area contributed by atoms with Crippen LogP contribution in [0, 0.1) is 5.92 Å². The molecule has 8 amide bonds. The molecule has 33 nitrogen and oxygen atoms in total. The van der Waals surface area contributed by atoms with Crippen LogP contribution in [0.4, 0.5) is 0 Å². The lowest BCUT2D eigenvalue weighted by Gasteiger charge is -2.47. The van der Waals surface area contributed by atoms with Gasteiger partial charge in [0.15, 0.2) is 23.9 Å². The van der Waals surface area contributed by atoms with Crippen molar-refractivity contribution in [3.05, 3.63) is 117 Å². The number of carbonyl (C=O) groups excluding carboxylic acids is 8. The van der Waals surface area contributed by atoms with Gasteiger partial charge in [-0.2, -0.15) is 12.6 Å². The first-order valence-corrected chi connectivity index (χ1v) is 35.7. The highest BCUT2D eigenvalue weighted by Crippen LogP contribution is 2.50. The van der Waals surface area contributed by atoms with E-state index in [9.17, 15) is 65.1 Å². The van der Waals surface area contributed by atoms with Crippen molar-refractivity contribution in [2.45, 2.75) is 175 Å². The minimum Gasteiger partial charge on any atom is -0.508 e. The standard InChI is InChI=1S/C71H86Cl2N10O23S/c1-28(2)17-39(76-5)63(94)82-54-56(89)31-10-13-43(37(72)19-31)102-45-21-33-22-46(60(45)106-70-61(59(92)58(91)47(27-84)104-70)105-49-26-71(4,75)62(93)29(3)101-49)103-44-14-11-32(20-38(44)73)57(90)55-69(100)81-53(65(96)77-15-7-6-8-16-107)36-23-34(85)24-42(87)50(36)35-18-30(9-12-41(35)86)51(66(97)83-55)80-67(98)52(33)79-64(95)40(25-48(74)88)78-68(54)99/h9-14,18-24,28-29,39-40,47,49,51-59,61-62,70,76,84-87,89-93,107H,6-8,15-17,25-27,75H2,1-5H3,(H2,74,88)(H,77,96)(H,78,99)(H,79,95)(H,80,98)(H,81,100)(H,82,94)(H,83,97)/t29-,39+,40-,47+,49-,51+,52+,53-,54+,55-,56+,57+,58+,59-,61+,62+,70-,71-/m0/s1. The Kier molecular flexibility index (Phi) is 25.8. The summed E-state index contributed by atoms with van der Waals surface area (Å²) >= 11 is 18.5. The summed E-state index contributed by atoms with van der Waals surface area (Å²) in [5.41, 5.74) is 8.67. The van der Waals surface area contributed by atoms with E-state index in [1.165, 1.54) is 39.1 Å². The number of rotatable bonds is 18.